The smallest absolute Gasteiger partial charge is 0.282 e. The number of aryl methyl sites for hydroxylation is 1. The Morgan fingerprint density at radius 2 is 1.71 bits per heavy atom. The number of fused-ring (bicyclic) bond motifs is 1. The van der Waals surface area contributed by atoms with Gasteiger partial charge in [-0.1, -0.05) is 42.5 Å². The van der Waals surface area contributed by atoms with Crippen molar-refractivity contribution in [2.45, 2.75) is 13.5 Å². The molecule has 0 bridgehead atoms. The lowest BCUT2D eigenvalue weighted by molar-refractivity contribution is 0.287. The van der Waals surface area contributed by atoms with Crippen LogP contribution in [0.4, 0.5) is 5.69 Å². The maximum atomic E-state index is 13.1. The van der Waals surface area contributed by atoms with Crippen molar-refractivity contribution in [3.63, 3.8) is 0 Å². The molecule has 0 unspecified atom stereocenters. The molecule has 0 aliphatic rings. The van der Waals surface area contributed by atoms with Crippen LogP contribution in [0, 0.1) is 6.92 Å². The van der Waals surface area contributed by atoms with E-state index in [0.717, 1.165) is 22.6 Å². The number of nitrogens with zero attached hydrogens (tertiary/aromatic N) is 4. The Balaban J connectivity index is 1.71. The summed E-state index contributed by atoms with van der Waals surface area (Å²) in [7, 11) is 3.98. The van der Waals surface area contributed by atoms with Crippen molar-refractivity contribution in [3.05, 3.63) is 100 Å². The highest BCUT2D eigenvalue weighted by Gasteiger charge is 2.11. The molecule has 156 valence electrons. The summed E-state index contributed by atoms with van der Waals surface area (Å²) < 4.78 is 7.28. The minimum absolute atomic E-state index is 0.127. The summed E-state index contributed by atoms with van der Waals surface area (Å²) in [5.74, 6) is 1.19. The molecule has 0 radical (unpaired) electrons. The summed E-state index contributed by atoms with van der Waals surface area (Å²) in [5, 5.41) is 4.97. The van der Waals surface area contributed by atoms with Gasteiger partial charge in [0.1, 0.15) is 12.4 Å². The van der Waals surface area contributed by atoms with E-state index in [9.17, 15) is 4.79 Å². The zero-order valence-electron chi connectivity index (χ0n) is 17.8. The number of rotatable bonds is 6. The molecule has 0 N–H and O–H groups in total. The fourth-order valence-electron chi connectivity index (χ4n) is 3.23. The van der Waals surface area contributed by atoms with Crippen LogP contribution in [0.1, 0.15) is 17.0 Å². The number of ether oxygens (including phenoxy) is 1. The molecular weight excluding hydrogens is 388 g/mol. The molecule has 0 saturated heterocycles. The molecule has 0 spiro atoms. The highest BCUT2D eigenvalue weighted by molar-refractivity contribution is 5.81. The first kappa shape index (κ1) is 20.3. The van der Waals surface area contributed by atoms with Crippen molar-refractivity contribution >= 4 is 22.8 Å². The molecule has 3 aromatic carbocycles. The quantitative estimate of drug-likeness (QED) is 0.445. The lowest BCUT2D eigenvalue weighted by atomic mass is 10.2. The van der Waals surface area contributed by atoms with E-state index in [4.69, 9.17) is 4.74 Å². The van der Waals surface area contributed by atoms with Crippen LogP contribution in [0.3, 0.4) is 0 Å². The van der Waals surface area contributed by atoms with Crippen LogP contribution in [0.15, 0.2) is 82.7 Å². The van der Waals surface area contributed by atoms with E-state index in [1.807, 2.05) is 92.6 Å². The molecule has 0 amide bonds. The second kappa shape index (κ2) is 8.83. The van der Waals surface area contributed by atoms with Gasteiger partial charge in [-0.15, -0.1) is 0 Å². The van der Waals surface area contributed by atoms with Gasteiger partial charge in [-0.05, 0) is 48.4 Å². The van der Waals surface area contributed by atoms with Gasteiger partial charge in [0, 0.05) is 19.8 Å². The first-order valence-electron chi connectivity index (χ1n) is 10.0. The minimum atomic E-state index is -0.227. The van der Waals surface area contributed by atoms with Gasteiger partial charge in [0.15, 0.2) is 5.82 Å². The van der Waals surface area contributed by atoms with Crippen molar-refractivity contribution in [1.82, 2.24) is 9.66 Å². The summed E-state index contributed by atoms with van der Waals surface area (Å²) in [6, 6.07) is 22.9. The zero-order chi connectivity index (χ0) is 21.8. The largest absolute Gasteiger partial charge is 0.485 e. The van der Waals surface area contributed by atoms with Crippen LogP contribution >= 0.6 is 0 Å². The molecular formula is C25H24N4O2. The van der Waals surface area contributed by atoms with E-state index < -0.39 is 0 Å². The fourth-order valence-corrected chi connectivity index (χ4v) is 3.23. The van der Waals surface area contributed by atoms with Gasteiger partial charge < -0.3 is 9.64 Å². The van der Waals surface area contributed by atoms with Crippen LogP contribution in [0.5, 0.6) is 5.75 Å². The molecule has 31 heavy (non-hydrogen) atoms. The van der Waals surface area contributed by atoms with Gasteiger partial charge in [-0.2, -0.15) is 9.78 Å². The normalized spacial score (nSPS) is 11.2. The standard InChI is InChI=1S/C25H24N4O2/c1-18-8-4-7-11-23(18)31-17-24-27-22-10-6-5-9-21(22)25(30)29(24)26-16-19-12-14-20(15-13-19)28(2)3/h4-16H,17H2,1-3H3/b26-16+. The van der Waals surface area contributed by atoms with Crippen LogP contribution in [0.25, 0.3) is 10.9 Å². The summed E-state index contributed by atoms with van der Waals surface area (Å²) >= 11 is 0. The molecule has 6 heteroatoms. The number of benzene rings is 3. The average Bonchev–Trinajstić information content (AvgIpc) is 2.78. The number of aromatic nitrogens is 2. The lowest BCUT2D eigenvalue weighted by Crippen LogP contribution is -2.23. The molecule has 4 aromatic rings. The van der Waals surface area contributed by atoms with Gasteiger partial charge in [0.05, 0.1) is 17.1 Å². The van der Waals surface area contributed by atoms with E-state index in [1.165, 1.54) is 4.68 Å². The van der Waals surface area contributed by atoms with E-state index in [2.05, 4.69) is 10.1 Å². The third-order valence-corrected chi connectivity index (χ3v) is 5.00. The van der Waals surface area contributed by atoms with Gasteiger partial charge in [-0.25, -0.2) is 4.98 Å². The first-order valence-corrected chi connectivity index (χ1v) is 10.0. The number of para-hydroxylation sites is 2. The molecule has 1 heterocycles. The second-order valence-corrected chi connectivity index (χ2v) is 7.45. The van der Waals surface area contributed by atoms with E-state index >= 15 is 0 Å². The summed E-state index contributed by atoms with van der Waals surface area (Å²) in [5.41, 5.74) is 3.39. The minimum Gasteiger partial charge on any atom is -0.485 e. The highest BCUT2D eigenvalue weighted by atomic mass is 16.5. The van der Waals surface area contributed by atoms with Gasteiger partial charge in [0.2, 0.25) is 0 Å². The molecule has 0 fully saturated rings. The van der Waals surface area contributed by atoms with E-state index in [1.54, 1.807) is 12.3 Å². The van der Waals surface area contributed by atoms with Crippen molar-refractivity contribution in [3.8, 4) is 5.75 Å². The van der Waals surface area contributed by atoms with Crippen LogP contribution < -0.4 is 15.2 Å². The number of hydrogen-bond acceptors (Lipinski definition) is 5. The summed E-state index contributed by atoms with van der Waals surface area (Å²) in [6.45, 7) is 2.10. The van der Waals surface area contributed by atoms with Crippen molar-refractivity contribution in [2.75, 3.05) is 19.0 Å². The van der Waals surface area contributed by atoms with Crippen LogP contribution in [-0.2, 0) is 6.61 Å². The van der Waals surface area contributed by atoms with Crippen LogP contribution in [0.2, 0.25) is 0 Å². The molecule has 4 rings (SSSR count). The first-order chi connectivity index (χ1) is 15.0. The maximum absolute atomic E-state index is 13.1. The Bertz CT molecular complexity index is 1290. The van der Waals surface area contributed by atoms with E-state index in [0.29, 0.717) is 16.7 Å². The average molecular weight is 412 g/mol. The Kier molecular flexibility index (Phi) is 5.80. The summed E-state index contributed by atoms with van der Waals surface area (Å²) in [6.07, 6.45) is 1.66. The maximum Gasteiger partial charge on any atom is 0.282 e. The van der Waals surface area contributed by atoms with Gasteiger partial charge >= 0.3 is 0 Å². The Hall–Kier alpha value is -3.93. The third-order valence-electron chi connectivity index (χ3n) is 5.00. The van der Waals surface area contributed by atoms with Gasteiger partial charge in [0.25, 0.3) is 5.56 Å². The third kappa shape index (κ3) is 4.48. The van der Waals surface area contributed by atoms with Crippen molar-refractivity contribution in [1.29, 1.82) is 0 Å². The van der Waals surface area contributed by atoms with Crippen LogP contribution in [-0.4, -0.2) is 30.0 Å². The topological polar surface area (TPSA) is 59.7 Å². The fraction of sp³-hybridized carbons (Fsp3) is 0.160. The van der Waals surface area contributed by atoms with Crippen molar-refractivity contribution in [2.24, 2.45) is 5.10 Å². The molecule has 0 aliphatic carbocycles. The SMILES string of the molecule is Cc1ccccc1OCc1nc2ccccc2c(=O)n1/N=C/c1ccc(N(C)C)cc1. The predicted octanol–water partition coefficient (Wildman–Crippen LogP) is 4.23. The van der Waals surface area contributed by atoms with Crippen molar-refractivity contribution < 1.29 is 4.74 Å². The number of anilines is 1. The molecule has 0 saturated carbocycles. The predicted molar refractivity (Wildman–Crippen MR) is 125 cm³/mol. The Morgan fingerprint density at radius 1 is 1.00 bits per heavy atom. The molecule has 0 atom stereocenters. The lowest BCUT2D eigenvalue weighted by Gasteiger charge is -2.12. The van der Waals surface area contributed by atoms with E-state index in [-0.39, 0.29) is 12.2 Å². The zero-order valence-corrected chi connectivity index (χ0v) is 17.8. The summed E-state index contributed by atoms with van der Waals surface area (Å²) in [4.78, 5) is 19.8. The monoisotopic (exact) mass is 412 g/mol. The second-order valence-electron chi connectivity index (χ2n) is 7.45. The molecule has 0 aliphatic heterocycles. The Morgan fingerprint density at radius 3 is 2.45 bits per heavy atom. The van der Waals surface area contributed by atoms with Gasteiger partial charge in [-0.3, -0.25) is 4.79 Å². The Labute approximate surface area is 181 Å². The molecule has 1 aromatic heterocycles. The molecule has 6 nitrogen and oxygen atoms in total. The number of hydrogen-bond donors (Lipinski definition) is 0. The highest BCUT2D eigenvalue weighted by Crippen LogP contribution is 2.18.